The number of aromatic nitrogens is 1. The third kappa shape index (κ3) is 2.01. The highest BCUT2D eigenvalue weighted by Gasteiger charge is 2.07. The molecular formula is C14H17N. The third-order valence-corrected chi connectivity index (χ3v) is 3.09. The zero-order valence-corrected chi connectivity index (χ0v) is 9.40. The van der Waals surface area contributed by atoms with Crippen molar-refractivity contribution in [2.75, 3.05) is 0 Å². The van der Waals surface area contributed by atoms with Crippen molar-refractivity contribution in [2.24, 2.45) is 0 Å². The standard InChI is InChI=1S/C14H17N/c1-3-11(4-2)13-8-7-12-6-5-9-15-14(12)10-13/h5-11H,3-4H2,1-2H3. The Hall–Kier alpha value is -1.37. The van der Waals surface area contributed by atoms with Crippen LogP contribution in [0.2, 0.25) is 0 Å². The molecule has 2 aromatic rings. The molecule has 0 aliphatic heterocycles. The first-order chi connectivity index (χ1) is 7.35. The Balaban J connectivity index is 2.46. The quantitative estimate of drug-likeness (QED) is 0.724. The van der Waals surface area contributed by atoms with Crippen LogP contribution in [0.5, 0.6) is 0 Å². The summed E-state index contributed by atoms with van der Waals surface area (Å²) in [5, 5.41) is 1.23. The maximum atomic E-state index is 4.39. The molecule has 0 aliphatic carbocycles. The molecule has 1 aromatic heterocycles. The molecule has 0 fully saturated rings. The summed E-state index contributed by atoms with van der Waals surface area (Å²) in [6.45, 7) is 4.49. The smallest absolute Gasteiger partial charge is 0.0704 e. The zero-order valence-electron chi connectivity index (χ0n) is 9.40. The van der Waals surface area contributed by atoms with E-state index in [0.29, 0.717) is 5.92 Å². The van der Waals surface area contributed by atoms with Gasteiger partial charge in [0.2, 0.25) is 0 Å². The predicted molar refractivity (Wildman–Crippen MR) is 65.1 cm³/mol. The molecule has 0 unspecified atom stereocenters. The molecule has 0 bridgehead atoms. The first kappa shape index (κ1) is 10.2. The highest BCUT2D eigenvalue weighted by atomic mass is 14.6. The van der Waals surface area contributed by atoms with Crippen LogP contribution < -0.4 is 0 Å². The molecule has 0 radical (unpaired) electrons. The minimum absolute atomic E-state index is 0.677. The van der Waals surface area contributed by atoms with E-state index >= 15 is 0 Å². The van der Waals surface area contributed by atoms with Crippen molar-refractivity contribution in [1.29, 1.82) is 0 Å². The second-order valence-electron chi connectivity index (χ2n) is 3.97. The summed E-state index contributed by atoms with van der Waals surface area (Å²) in [7, 11) is 0. The predicted octanol–water partition coefficient (Wildman–Crippen LogP) is 4.14. The summed E-state index contributed by atoms with van der Waals surface area (Å²) in [6, 6.07) is 10.7. The van der Waals surface area contributed by atoms with Gasteiger partial charge in [-0.25, -0.2) is 0 Å². The van der Waals surface area contributed by atoms with Crippen molar-refractivity contribution in [1.82, 2.24) is 4.98 Å². The highest BCUT2D eigenvalue weighted by Crippen LogP contribution is 2.25. The first-order valence-corrected chi connectivity index (χ1v) is 5.69. The number of hydrogen-bond acceptors (Lipinski definition) is 1. The van der Waals surface area contributed by atoms with Gasteiger partial charge in [0.05, 0.1) is 5.52 Å². The van der Waals surface area contributed by atoms with Crippen molar-refractivity contribution in [2.45, 2.75) is 32.6 Å². The van der Waals surface area contributed by atoms with E-state index in [4.69, 9.17) is 0 Å². The Morgan fingerprint density at radius 2 is 1.93 bits per heavy atom. The van der Waals surface area contributed by atoms with Gasteiger partial charge in [-0.05, 0) is 36.5 Å². The van der Waals surface area contributed by atoms with Crippen molar-refractivity contribution in [3.63, 3.8) is 0 Å². The summed E-state index contributed by atoms with van der Waals surface area (Å²) in [6.07, 6.45) is 4.27. The van der Waals surface area contributed by atoms with E-state index in [0.717, 1.165) is 5.52 Å². The fourth-order valence-electron chi connectivity index (χ4n) is 2.10. The molecule has 1 nitrogen and oxygen atoms in total. The molecule has 0 atom stereocenters. The minimum Gasteiger partial charge on any atom is -0.256 e. The van der Waals surface area contributed by atoms with Gasteiger partial charge >= 0.3 is 0 Å². The van der Waals surface area contributed by atoms with Crippen molar-refractivity contribution in [3.05, 3.63) is 42.1 Å². The van der Waals surface area contributed by atoms with Gasteiger partial charge in [-0.3, -0.25) is 4.98 Å². The van der Waals surface area contributed by atoms with Gasteiger partial charge in [-0.1, -0.05) is 32.0 Å². The van der Waals surface area contributed by atoms with Gasteiger partial charge in [0.15, 0.2) is 0 Å². The summed E-state index contributed by atoms with van der Waals surface area (Å²) < 4.78 is 0. The average molecular weight is 199 g/mol. The fraction of sp³-hybridized carbons (Fsp3) is 0.357. The number of benzene rings is 1. The Morgan fingerprint density at radius 3 is 2.67 bits per heavy atom. The maximum absolute atomic E-state index is 4.39. The molecule has 0 amide bonds. The Kier molecular flexibility index (Phi) is 3.00. The molecule has 2 rings (SSSR count). The fourth-order valence-corrected chi connectivity index (χ4v) is 2.10. The average Bonchev–Trinajstić information content (AvgIpc) is 2.30. The Bertz CT molecular complexity index is 444. The van der Waals surface area contributed by atoms with Crippen LogP contribution in [0.25, 0.3) is 10.9 Å². The number of pyridine rings is 1. The number of fused-ring (bicyclic) bond motifs is 1. The number of hydrogen-bond donors (Lipinski definition) is 0. The number of rotatable bonds is 3. The van der Waals surface area contributed by atoms with E-state index < -0.39 is 0 Å². The van der Waals surface area contributed by atoms with E-state index in [-0.39, 0.29) is 0 Å². The molecule has 0 N–H and O–H groups in total. The zero-order chi connectivity index (χ0) is 10.7. The lowest BCUT2D eigenvalue weighted by Gasteiger charge is -2.12. The molecule has 78 valence electrons. The molecule has 1 heterocycles. The van der Waals surface area contributed by atoms with Crippen LogP contribution in [0, 0.1) is 0 Å². The second-order valence-corrected chi connectivity index (χ2v) is 3.97. The lowest BCUT2D eigenvalue weighted by molar-refractivity contribution is 0.642. The van der Waals surface area contributed by atoms with Crippen molar-refractivity contribution >= 4 is 10.9 Å². The topological polar surface area (TPSA) is 12.9 Å². The second kappa shape index (κ2) is 4.43. The van der Waals surface area contributed by atoms with E-state index in [2.05, 4.69) is 43.1 Å². The molecule has 1 heteroatoms. The lowest BCUT2D eigenvalue weighted by atomic mass is 9.93. The highest BCUT2D eigenvalue weighted by molar-refractivity contribution is 5.78. The third-order valence-electron chi connectivity index (χ3n) is 3.09. The van der Waals surface area contributed by atoms with Gasteiger partial charge in [0.25, 0.3) is 0 Å². The summed E-state index contributed by atoms with van der Waals surface area (Å²) in [5.74, 6) is 0.677. The van der Waals surface area contributed by atoms with Crippen LogP contribution in [-0.2, 0) is 0 Å². The molecule has 0 saturated heterocycles. The Labute approximate surface area is 91.2 Å². The van der Waals surface area contributed by atoms with Crippen LogP contribution in [0.4, 0.5) is 0 Å². The van der Waals surface area contributed by atoms with E-state index in [1.165, 1.54) is 23.8 Å². The Morgan fingerprint density at radius 1 is 1.13 bits per heavy atom. The molecule has 0 aliphatic rings. The molecule has 15 heavy (non-hydrogen) atoms. The van der Waals surface area contributed by atoms with Gasteiger partial charge < -0.3 is 0 Å². The largest absolute Gasteiger partial charge is 0.256 e. The van der Waals surface area contributed by atoms with Gasteiger partial charge in [-0.15, -0.1) is 0 Å². The summed E-state index contributed by atoms with van der Waals surface area (Å²) in [5.41, 5.74) is 2.54. The first-order valence-electron chi connectivity index (χ1n) is 5.69. The van der Waals surface area contributed by atoms with Gasteiger partial charge in [0.1, 0.15) is 0 Å². The monoisotopic (exact) mass is 199 g/mol. The minimum atomic E-state index is 0.677. The molecular weight excluding hydrogens is 182 g/mol. The molecule has 1 aromatic carbocycles. The van der Waals surface area contributed by atoms with Gasteiger partial charge in [0, 0.05) is 11.6 Å². The summed E-state index contributed by atoms with van der Waals surface area (Å²) >= 11 is 0. The van der Waals surface area contributed by atoms with Crippen LogP contribution in [0.1, 0.15) is 38.2 Å². The van der Waals surface area contributed by atoms with E-state index in [9.17, 15) is 0 Å². The molecule has 0 spiro atoms. The van der Waals surface area contributed by atoms with Crippen LogP contribution in [-0.4, -0.2) is 4.98 Å². The number of nitrogens with zero attached hydrogens (tertiary/aromatic N) is 1. The van der Waals surface area contributed by atoms with Crippen molar-refractivity contribution in [3.8, 4) is 0 Å². The van der Waals surface area contributed by atoms with E-state index in [1.54, 1.807) is 0 Å². The summed E-state index contributed by atoms with van der Waals surface area (Å²) in [4.78, 5) is 4.39. The lowest BCUT2D eigenvalue weighted by Crippen LogP contribution is -1.95. The van der Waals surface area contributed by atoms with Crippen LogP contribution in [0.15, 0.2) is 36.5 Å². The maximum Gasteiger partial charge on any atom is 0.0704 e. The van der Waals surface area contributed by atoms with Crippen molar-refractivity contribution < 1.29 is 0 Å². The SMILES string of the molecule is CCC(CC)c1ccc2cccnc2c1. The van der Waals surface area contributed by atoms with Crippen LogP contribution in [0.3, 0.4) is 0 Å². The molecule has 0 saturated carbocycles. The van der Waals surface area contributed by atoms with Crippen LogP contribution >= 0.6 is 0 Å². The van der Waals surface area contributed by atoms with Gasteiger partial charge in [-0.2, -0.15) is 0 Å². The normalized spacial score (nSPS) is 11.1. The van der Waals surface area contributed by atoms with E-state index in [1.807, 2.05) is 12.3 Å².